The molecule has 0 saturated carbocycles. The summed E-state index contributed by atoms with van der Waals surface area (Å²) in [6.07, 6.45) is 6.37. The molecule has 0 saturated heterocycles. The van der Waals surface area contributed by atoms with Crippen LogP contribution in [0.2, 0.25) is 0 Å². The molecule has 7 nitrogen and oxygen atoms in total. The highest BCUT2D eigenvalue weighted by Crippen LogP contribution is 2.16. The van der Waals surface area contributed by atoms with Gasteiger partial charge >= 0.3 is 5.97 Å². The number of rotatable bonds is 18. The van der Waals surface area contributed by atoms with Crippen molar-refractivity contribution in [1.29, 1.82) is 0 Å². The van der Waals surface area contributed by atoms with Crippen molar-refractivity contribution < 1.29 is 35.4 Å². The number of hydrogen-bond donors (Lipinski definition) is 6. The van der Waals surface area contributed by atoms with Crippen LogP contribution >= 0.6 is 0 Å². The van der Waals surface area contributed by atoms with E-state index in [1.54, 1.807) is 6.08 Å². The minimum atomic E-state index is -1.09. The van der Waals surface area contributed by atoms with Crippen LogP contribution in [0.15, 0.2) is 11.6 Å². The number of carbonyl (C=O) groups is 1. The van der Waals surface area contributed by atoms with Crippen LogP contribution < -0.4 is 0 Å². The fourth-order valence-electron chi connectivity index (χ4n) is 3.05. The van der Waals surface area contributed by atoms with Crippen molar-refractivity contribution in [2.24, 2.45) is 0 Å². The highest BCUT2D eigenvalue weighted by atomic mass is 16.4. The van der Waals surface area contributed by atoms with E-state index in [0.29, 0.717) is 32.1 Å². The van der Waals surface area contributed by atoms with Gasteiger partial charge in [0.2, 0.25) is 0 Å². The summed E-state index contributed by atoms with van der Waals surface area (Å²) in [6.45, 7) is 1.64. The highest BCUT2D eigenvalue weighted by Gasteiger charge is 2.17. The molecule has 0 aromatic carbocycles. The van der Waals surface area contributed by atoms with Crippen LogP contribution in [0.4, 0.5) is 0 Å². The SMILES string of the molecule is CCCCCC(O)CCC(O)C(O)CCCCCC=C(CC(O)CO)C(=O)O. The number of unbranched alkanes of at least 4 members (excludes halogenated alkanes) is 5. The lowest BCUT2D eigenvalue weighted by atomic mass is 9.98. The van der Waals surface area contributed by atoms with Gasteiger partial charge in [-0.1, -0.05) is 45.1 Å². The molecule has 0 heterocycles. The number of aliphatic carboxylic acids is 1. The summed E-state index contributed by atoms with van der Waals surface area (Å²) in [5.41, 5.74) is 0.0921. The van der Waals surface area contributed by atoms with Crippen LogP contribution in [0.25, 0.3) is 0 Å². The van der Waals surface area contributed by atoms with Gasteiger partial charge in [0.1, 0.15) is 0 Å². The lowest BCUT2D eigenvalue weighted by Crippen LogP contribution is -2.27. The number of hydrogen-bond acceptors (Lipinski definition) is 6. The van der Waals surface area contributed by atoms with Gasteiger partial charge in [-0.3, -0.25) is 0 Å². The third kappa shape index (κ3) is 14.1. The third-order valence-electron chi connectivity index (χ3n) is 4.92. The minimum Gasteiger partial charge on any atom is -0.478 e. The molecule has 166 valence electrons. The van der Waals surface area contributed by atoms with Gasteiger partial charge in [-0.15, -0.1) is 0 Å². The number of carboxylic acid groups (broad SMARTS) is 1. The molecule has 0 spiro atoms. The molecule has 7 heteroatoms. The van der Waals surface area contributed by atoms with Crippen LogP contribution in [0, 0.1) is 0 Å². The van der Waals surface area contributed by atoms with Crippen molar-refractivity contribution >= 4 is 5.97 Å². The Balaban J connectivity index is 3.93. The van der Waals surface area contributed by atoms with E-state index in [-0.39, 0.29) is 12.0 Å². The summed E-state index contributed by atoms with van der Waals surface area (Å²) in [7, 11) is 0. The topological polar surface area (TPSA) is 138 Å². The van der Waals surface area contributed by atoms with Crippen LogP contribution in [0.1, 0.15) is 84.0 Å². The van der Waals surface area contributed by atoms with Crippen LogP contribution in [-0.2, 0) is 4.79 Å². The fourth-order valence-corrected chi connectivity index (χ4v) is 3.05. The lowest BCUT2D eigenvalue weighted by Gasteiger charge is -2.19. The Kier molecular flexibility index (Phi) is 16.3. The Bertz CT molecular complexity index is 425. The average Bonchev–Trinajstić information content (AvgIpc) is 2.67. The number of aliphatic hydroxyl groups is 5. The van der Waals surface area contributed by atoms with E-state index in [2.05, 4.69) is 6.92 Å². The molecule has 0 aliphatic heterocycles. The monoisotopic (exact) mass is 404 g/mol. The van der Waals surface area contributed by atoms with E-state index in [1.807, 2.05) is 0 Å². The summed E-state index contributed by atoms with van der Waals surface area (Å²) < 4.78 is 0. The Morgan fingerprint density at radius 1 is 0.821 bits per heavy atom. The zero-order chi connectivity index (χ0) is 21.4. The molecule has 0 bridgehead atoms. The first kappa shape index (κ1) is 27.0. The Labute approximate surface area is 168 Å². The minimum absolute atomic E-state index is 0.0823. The van der Waals surface area contributed by atoms with Gasteiger partial charge in [0.25, 0.3) is 0 Å². The molecule has 6 N–H and O–H groups in total. The Morgan fingerprint density at radius 3 is 2.07 bits per heavy atom. The van der Waals surface area contributed by atoms with Gasteiger partial charge in [-0.25, -0.2) is 4.79 Å². The maximum Gasteiger partial charge on any atom is 0.331 e. The first-order chi connectivity index (χ1) is 13.3. The molecule has 0 aromatic rings. The van der Waals surface area contributed by atoms with Crippen LogP contribution in [-0.4, -0.2) is 67.6 Å². The molecular formula is C21H40O7. The van der Waals surface area contributed by atoms with E-state index in [4.69, 9.17) is 10.2 Å². The first-order valence-corrected chi connectivity index (χ1v) is 10.6. The van der Waals surface area contributed by atoms with Crippen molar-refractivity contribution in [2.45, 2.75) is 108 Å². The van der Waals surface area contributed by atoms with Crippen molar-refractivity contribution in [1.82, 2.24) is 0 Å². The molecule has 0 rings (SSSR count). The zero-order valence-electron chi connectivity index (χ0n) is 17.2. The number of aliphatic hydroxyl groups excluding tert-OH is 5. The largest absolute Gasteiger partial charge is 0.478 e. The van der Waals surface area contributed by atoms with Gasteiger partial charge in [0.05, 0.1) is 31.0 Å². The van der Waals surface area contributed by atoms with Crippen LogP contribution in [0.5, 0.6) is 0 Å². The highest BCUT2D eigenvalue weighted by molar-refractivity contribution is 5.86. The number of allylic oxidation sites excluding steroid dienone is 1. The van der Waals surface area contributed by atoms with Crippen molar-refractivity contribution in [3.63, 3.8) is 0 Å². The van der Waals surface area contributed by atoms with Crippen molar-refractivity contribution in [3.8, 4) is 0 Å². The second-order valence-electron chi connectivity index (χ2n) is 7.57. The average molecular weight is 405 g/mol. The molecule has 28 heavy (non-hydrogen) atoms. The van der Waals surface area contributed by atoms with E-state index >= 15 is 0 Å². The normalized spacial score (nSPS) is 16.6. The molecule has 0 aromatic heterocycles. The van der Waals surface area contributed by atoms with Gasteiger partial charge in [0, 0.05) is 12.0 Å². The second kappa shape index (κ2) is 16.9. The smallest absolute Gasteiger partial charge is 0.331 e. The van der Waals surface area contributed by atoms with Crippen molar-refractivity contribution in [2.75, 3.05) is 6.61 Å². The molecule has 0 radical (unpaired) electrons. The van der Waals surface area contributed by atoms with E-state index in [9.17, 15) is 25.2 Å². The first-order valence-electron chi connectivity index (χ1n) is 10.6. The maximum absolute atomic E-state index is 11.1. The molecule has 4 atom stereocenters. The number of carboxylic acids is 1. The summed E-state index contributed by atoms with van der Waals surface area (Å²) in [4.78, 5) is 11.1. The summed E-state index contributed by atoms with van der Waals surface area (Å²) >= 11 is 0. The second-order valence-corrected chi connectivity index (χ2v) is 7.57. The molecular weight excluding hydrogens is 364 g/mol. The summed E-state index contributed by atoms with van der Waals surface area (Å²) in [5, 5.41) is 57.1. The maximum atomic E-state index is 11.1. The molecule has 0 amide bonds. The Hall–Kier alpha value is -0.990. The molecule has 4 unspecified atom stereocenters. The van der Waals surface area contributed by atoms with E-state index in [0.717, 1.165) is 38.5 Å². The molecule has 0 aliphatic rings. The molecule has 0 aliphatic carbocycles. The van der Waals surface area contributed by atoms with Crippen LogP contribution in [0.3, 0.4) is 0 Å². The predicted octanol–water partition coefficient (Wildman–Crippen LogP) is 2.13. The molecule has 0 fully saturated rings. The van der Waals surface area contributed by atoms with Gasteiger partial charge in [-0.2, -0.15) is 0 Å². The van der Waals surface area contributed by atoms with Crippen molar-refractivity contribution in [3.05, 3.63) is 11.6 Å². The zero-order valence-corrected chi connectivity index (χ0v) is 17.2. The lowest BCUT2D eigenvalue weighted by molar-refractivity contribution is -0.133. The van der Waals surface area contributed by atoms with Gasteiger partial charge < -0.3 is 30.6 Å². The van der Waals surface area contributed by atoms with Gasteiger partial charge in [-0.05, 0) is 38.5 Å². The fraction of sp³-hybridized carbons (Fsp3) is 0.857. The predicted molar refractivity (Wildman–Crippen MR) is 108 cm³/mol. The summed E-state index contributed by atoms with van der Waals surface area (Å²) in [5.74, 6) is -1.09. The Morgan fingerprint density at radius 2 is 1.46 bits per heavy atom. The van der Waals surface area contributed by atoms with E-state index < -0.39 is 37.0 Å². The standard InChI is InChI=1S/C21H40O7/c1-2-3-6-10-17(23)12-13-20(26)19(25)11-8-5-4-7-9-16(21(27)28)14-18(24)15-22/h9,17-20,22-26H,2-8,10-15H2,1H3,(H,27,28). The van der Waals surface area contributed by atoms with Gasteiger partial charge in [0.15, 0.2) is 0 Å². The summed E-state index contributed by atoms with van der Waals surface area (Å²) in [6, 6.07) is 0. The third-order valence-corrected chi connectivity index (χ3v) is 4.92. The van der Waals surface area contributed by atoms with E-state index in [1.165, 1.54) is 0 Å². The quantitative estimate of drug-likeness (QED) is 0.152.